The molecule has 1 aliphatic carbocycles. The first-order valence-corrected chi connectivity index (χ1v) is 34.9. The molecule has 2 saturated heterocycles. The Morgan fingerprint density at radius 3 is 2.25 bits per heavy atom. The van der Waals surface area contributed by atoms with Gasteiger partial charge in [-0.15, -0.1) is 11.3 Å². The van der Waals surface area contributed by atoms with E-state index in [1.165, 1.54) is 47.6 Å². The first kappa shape index (κ1) is 63.8. The lowest BCUT2D eigenvalue weighted by Crippen LogP contribution is -2.59. The lowest BCUT2D eigenvalue weighted by atomic mass is 9.84. The maximum absolute atomic E-state index is 14.7. The Morgan fingerprint density at radius 1 is 0.783 bits per heavy atom. The Morgan fingerprint density at radius 2 is 1.53 bits per heavy atom. The number of benzene rings is 4. The lowest BCUT2D eigenvalue weighted by Gasteiger charge is -2.38. The predicted molar refractivity (Wildman–Crippen MR) is 358 cm³/mol. The standard InChI is InChI=1S/C69H78N12O8S3/c1-41(45-19-21-47(22-20-45)61-42(2)70-40-90-61)72-65(85)57-35-50(82)38-80(57)67(87)62(69(4,5)6)75-63(83)48-30-32-78(33-31-48)49-23-25-51(26-24-49)92(88,89)77-66(86)60-52(54-36-71-81(43(54)3)37-44-13-8-7-9-14-44)27-28-59(74-60)79-34-29-46-15-12-16-53(55(46)39-79)64(84)76-68-73-56-17-10-11-18-58(56)91-68/h10-12,15-28,36,40-41,44,48,50,57,62,82H,7-9,13-14,29-35,37-39H2,1-6H3,(H,72,85)(H,75,83)(H,77,86)(H,73,76,84)/t41-,50-,57-,62+/m0/s1. The molecule has 5 N–H and O–H groups in total. The largest absolute Gasteiger partial charge is 0.391 e. The number of carbonyl (C=O) groups is 5. The molecular weight excluding hydrogens is 1220 g/mol. The van der Waals surface area contributed by atoms with E-state index in [0.29, 0.717) is 79.0 Å². The van der Waals surface area contributed by atoms with Crippen LogP contribution in [0.25, 0.3) is 31.8 Å². The highest BCUT2D eigenvalue weighted by Crippen LogP contribution is 2.36. The SMILES string of the molecule is Cc1ncsc1-c1ccc([C@H](C)NC(=O)[C@@H]2C[C@H](O)CN2C(=O)[C@@H](NC(=O)C2CCN(c3ccc(S(=O)(=O)NC(=O)c4nc(N5CCc6cccc(C(=O)Nc7nc8ccccc8s7)c6C5)ccc4-c4cnn(CC5CCCCC5)c4C)cc3)CC2)C(C)(C)C)cc1. The molecule has 1 saturated carbocycles. The molecule has 23 heteroatoms. The normalized spacial score (nSPS) is 18.1. The van der Waals surface area contributed by atoms with Gasteiger partial charge in [0, 0.05) is 79.7 Å². The number of sulfonamides is 1. The zero-order chi connectivity index (χ0) is 64.6. The number of pyridine rings is 1. The summed E-state index contributed by atoms with van der Waals surface area (Å²) in [5, 5.41) is 25.2. The zero-order valence-electron chi connectivity index (χ0n) is 52.6. The Balaban J connectivity index is 0.702. The average Bonchev–Trinajstić information content (AvgIpc) is 1.36. The summed E-state index contributed by atoms with van der Waals surface area (Å²) in [6.07, 6.45) is 8.17. The molecule has 8 aromatic rings. The maximum Gasteiger partial charge on any atom is 0.284 e. The smallest absolute Gasteiger partial charge is 0.284 e. The average molecular weight is 1300 g/mol. The molecule has 92 heavy (non-hydrogen) atoms. The van der Waals surface area contributed by atoms with Crippen molar-refractivity contribution in [3.8, 4) is 21.6 Å². The minimum Gasteiger partial charge on any atom is -0.391 e. The molecule has 20 nitrogen and oxygen atoms in total. The number of aliphatic hydroxyl groups is 1. The number of likely N-dealkylation sites (tertiary alicyclic amines) is 1. The van der Waals surface area contributed by atoms with E-state index in [9.17, 15) is 37.5 Å². The van der Waals surface area contributed by atoms with Gasteiger partial charge in [0.25, 0.3) is 21.8 Å². The molecule has 0 unspecified atom stereocenters. The number of rotatable bonds is 17. The van der Waals surface area contributed by atoms with Crippen LogP contribution in [0.4, 0.5) is 16.6 Å². The highest BCUT2D eigenvalue weighted by atomic mass is 32.2. The molecule has 0 spiro atoms. The van der Waals surface area contributed by atoms with E-state index in [-0.39, 0.29) is 47.3 Å². The summed E-state index contributed by atoms with van der Waals surface area (Å²) in [5.74, 6) is -1.84. The number of hydrogen-bond donors (Lipinski definition) is 5. The second kappa shape index (κ2) is 26.7. The first-order valence-electron chi connectivity index (χ1n) is 31.7. The van der Waals surface area contributed by atoms with Gasteiger partial charge in [-0.3, -0.25) is 34.0 Å². The van der Waals surface area contributed by atoms with E-state index in [2.05, 4.69) is 35.5 Å². The fourth-order valence-corrected chi connectivity index (χ4v) is 16.0. The minimum atomic E-state index is -4.46. The van der Waals surface area contributed by atoms with Gasteiger partial charge in [-0.2, -0.15) is 5.10 Å². The molecule has 0 bridgehead atoms. The van der Waals surface area contributed by atoms with Gasteiger partial charge in [-0.25, -0.2) is 28.1 Å². The molecule has 480 valence electrons. The number of amides is 5. The highest BCUT2D eigenvalue weighted by Gasteiger charge is 2.45. The van der Waals surface area contributed by atoms with Crippen molar-refractivity contribution in [1.82, 2.24) is 45.0 Å². The molecule has 12 rings (SSSR count). The number of aliphatic hydroxyl groups excluding tert-OH is 1. The number of hydrogen-bond acceptors (Lipinski definition) is 16. The van der Waals surface area contributed by atoms with Crippen molar-refractivity contribution in [3.05, 3.63) is 154 Å². The number of aromatic nitrogens is 5. The number of aryl methyl sites for hydroxylation is 1. The van der Waals surface area contributed by atoms with Gasteiger partial charge in [0.05, 0.1) is 49.5 Å². The van der Waals surface area contributed by atoms with E-state index < -0.39 is 51.4 Å². The third kappa shape index (κ3) is 13.7. The molecule has 4 aliphatic rings. The van der Waals surface area contributed by atoms with Crippen LogP contribution in [0.5, 0.6) is 0 Å². The summed E-state index contributed by atoms with van der Waals surface area (Å²) in [5.41, 5.74) is 9.63. The van der Waals surface area contributed by atoms with E-state index in [1.54, 1.807) is 41.8 Å². The number of para-hydroxylation sites is 1. The van der Waals surface area contributed by atoms with Crippen molar-refractivity contribution in [2.45, 2.75) is 142 Å². The molecule has 5 amide bonds. The number of β-amino-alcohol motifs (C(OH)–C–C–N with tert-alkyl or cyclic N) is 1. The van der Waals surface area contributed by atoms with Crippen LogP contribution >= 0.6 is 22.7 Å². The van der Waals surface area contributed by atoms with Crippen LogP contribution in [0.2, 0.25) is 0 Å². The topological polar surface area (TPSA) is 254 Å². The van der Waals surface area contributed by atoms with E-state index in [1.807, 2.05) is 123 Å². The summed E-state index contributed by atoms with van der Waals surface area (Å²) < 4.78 is 33.9. The third-order valence-electron chi connectivity index (χ3n) is 18.6. The van der Waals surface area contributed by atoms with Crippen LogP contribution in [-0.2, 0) is 43.9 Å². The second-order valence-corrected chi connectivity index (χ2v) is 29.5. The number of nitrogens with one attached hydrogen (secondary N) is 4. The Bertz CT molecular complexity index is 4150. The summed E-state index contributed by atoms with van der Waals surface area (Å²) in [4.78, 5) is 91.6. The van der Waals surface area contributed by atoms with Gasteiger partial charge < -0.3 is 30.4 Å². The van der Waals surface area contributed by atoms with Gasteiger partial charge in [0.2, 0.25) is 17.7 Å². The van der Waals surface area contributed by atoms with Crippen LogP contribution in [-0.4, -0.2) is 117 Å². The van der Waals surface area contributed by atoms with Crippen LogP contribution in [0.3, 0.4) is 0 Å². The molecule has 4 aromatic carbocycles. The van der Waals surface area contributed by atoms with Crippen molar-refractivity contribution >= 4 is 89.1 Å². The van der Waals surface area contributed by atoms with Crippen molar-refractivity contribution in [2.24, 2.45) is 17.3 Å². The summed E-state index contributed by atoms with van der Waals surface area (Å²) in [6.45, 7) is 13.8. The zero-order valence-corrected chi connectivity index (χ0v) is 55.1. The number of fused-ring (bicyclic) bond motifs is 2. The fraction of sp³-hybridized carbons (Fsp3) is 0.406. The molecule has 4 aromatic heterocycles. The van der Waals surface area contributed by atoms with Gasteiger partial charge in [-0.1, -0.05) is 99.9 Å². The fourth-order valence-electron chi connectivity index (χ4n) is 13.3. The molecule has 3 aliphatic heterocycles. The van der Waals surface area contributed by atoms with E-state index >= 15 is 0 Å². The summed E-state index contributed by atoms with van der Waals surface area (Å²) in [6, 6.07) is 28.9. The lowest BCUT2D eigenvalue weighted by molar-refractivity contribution is -0.144. The summed E-state index contributed by atoms with van der Waals surface area (Å²) >= 11 is 2.97. The van der Waals surface area contributed by atoms with Gasteiger partial charge in [-0.05, 0) is 141 Å². The number of thiazole rings is 2. The third-order valence-corrected chi connectivity index (χ3v) is 21.9. The number of carbonyl (C=O) groups excluding carboxylic acids is 5. The van der Waals surface area contributed by atoms with Gasteiger partial charge in [0.1, 0.15) is 23.6 Å². The van der Waals surface area contributed by atoms with Crippen LogP contribution < -0.4 is 30.5 Å². The predicted octanol–water partition coefficient (Wildman–Crippen LogP) is 10.4. The number of piperidine rings is 1. The monoisotopic (exact) mass is 1300 g/mol. The second-order valence-electron chi connectivity index (χ2n) is 26.0. The molecular formula is C69H78N12O8S3. The molecule has 3 fully saturated rings. The van der Waals surface area contributed by atoms with Crippen LogP contribution in [0.15, 0.2) is 120 Å². The molecule has 0 radical (unpaired) electrons. The quantitative estimate of drug-likeness (QED) is 0.0569. The minimum absolute atomic E-state index is 0.0465. The Labute approximate surface area is 544 Å². The van der Waals surface area contributed by atoms with E-state index in [4.69, 9.17) is 10.1 Å². The van der Waals surface area contributed by atoms with Gasteiger partial charge in [0.15, 0.2) is 5.13 Å². The van der Waals surface area contributed by atoms with Crippen molar-refractivity contribution in [1.29, 1.82) is 0 Å². The number of anilines is 3. The highest BCUT2D eigenvalue weighted by molar-refractivity contribution is 7.90. The van der Waals surface area contributed by atoms with Crippen molar-refractivity contribution < 1.29 is 37.5 Å². The molecule has 7 heterocycles. The summed E-state index contributed by atoms with van der Waals surface area (Å²) in [7, 11) is -4.46. The first-order chi connectivity index (χ1) is 44.1. The number of nitrogens with zero attached hydrogens (tertiary/aromatic N) is 8. The van der Waals surface area contributed by atoms with Crippen LogP contribution in [0, 0.1) is 31.1 Å². The van der Waals surface area contributed by atoms with E-state index in [0.717, 1.165) is 73.8 Å². The maximum atomic E-state index is 14.7. The van der Waals surface area contributed by atoms with Crippen molar-refractivity contribution in [2.75, 3.05) is 41.3 Å². The Hall–Kier alpha value is -8.38. The molecule has 4 atom stereocenters. The van der Waals surface area contributed by atoms with Gasteiger partial charge >= 0.3 is 0 Å². The Kier molecular flexibility index (Phi) is 18.5. The van der Waals surface area contributed by atoms with Crippen LogP contribution in [0.1, 0.15) is 134 Å². The van der Waals surface area contributed by atoms with Crippen molar-refractivity contribution in [3.63, 3.8) is 0 Å².